The Morgan fingerprint density at radius 1 is 1.32 bits per heavy atom. The van der Waals surface area contributed by atoms with Gasteiger partial charge in [-0.25, -0.2) is 4.79 Å². The van der Waals surface area contributed by atoms with Crippen LogP contribution >= 0.6 is 21.4 Å². The van der Waals surface area contributed by atoms with Gasteiger partial charge in [-0.05, 0) is 38.0 Å². The Hall–Kier alpha value is -0.780. The number of esters is 1. The topological polar surface area (TPSA) is 60.4 Å². The Bertz CT molecular complexity index is 504. The lowest BCUT2D eigenvalue weighted by atomic mass is 10.1. The quantitative estimate of drug-likeness (QED) is 0.629. The lowest BCUT2D eigenvalue weighted by Gasteiger charge is -2.08. The summed E-state index contributed by atoms with van der Waals surface area (Å²) in [5.41, 5.74) is 1.79. The van der Waals surface area contributed by atoms with Crippen LogP contribution in [0.15, 0.2) is 24.3 Å². The molecule has 1 aromatic rings. The van der Waals surface area contributed by atoms with E-state index in [1.54, 1.807) is 6.07 Å². The van der Waals surface area contributed by atoms with Crippen molar-refractivity contribution in [1.82, 2.24) is 0 Å². The van der Waals surface area contributed by atoms with Gasteiger partial charge in [0.1, 0.15) is 0 Å². The molecule has 108 valence electrons. The number of hydrogen-bond acceptors (Lipinski definition) is 4. The number of rotatable bonds is 3. The summed E-state index contributed by atoms with van der Waals surface area (Å²) < 4.78 is 23.4. The number of carbonyl (C=O) groups excluding carboxylic acids is 1. The zero-order chi connectivity index (χ0) is 15.1. The minimum absolute atomic E-state index is 0.0622. The molecule has 0 saturated heterocycles. The van der Waals surface area contributed by atoms with Crippen LogP contribution < -0.4 is 0 Å². The summed E-state index contributed by atoms with van der Waals surface area (Å²) >= 11 is 0. The third-order valence-corrected chi connectivity index (χ3v) is 1.91. The van der Waals surface area contributed by atoms with Crippen LogP contribution in [0.25, 0.3) is 0 Å². The first-order chi connectivity index (χ1) is 8.63. The molecule has 0 aliphatic rings. The minimum atomic E-state index is -3.72. The number of ether oxygens (including phenoxy) is 1. The summed E-state index contributed by atoms with van der Waals surface area (Å²) in [7, 11) is 4.81. The molecule has 7 heteroatoms. The summed E-state index contributed by atoms with van der Waals surface area (Å²) in [6.07, 6.45) is 0.871. The number of aryl methyl sites for hydroxylation is 1. The molecule has 0 spiro atoms. The molecule has 0 bridgehead atoms. The van der Waals surface area contributed by atoms with Crippen molar-refractivity contribution < 1.29 is 17.9 Å². The van der Waals surface area contributed by atoms with Gasteiger partial charge in [-0.15, -0.1) is 0 Å². The molecule has 0 amide bonds. The van der Waals surface area contributed by atoms with Gasteiger partial charge in [0.25, 0.3) is 0 Å². The molecule has 0 N–H and O–H groups in total. The normalized spacial score (nSPS) is 10.6. The van der Waals surface area contributed by atoms with E-state index >= 15 is 0 Å². The fourth-order valence-corrected chi connectivity index (χ4v) is 1.20. The maximum atomic E-state index is 11.5. The van der Waals surface area contributed by atoms with E-state index in [0.29, 0.717) is 5.56 Å². The summed E-state index contributed by atoms with van der Waals surface area (Å²) in [4.78, 5) is 11.5. The number of benzene rings is 1. The van der Waals surface area contributed by atoms with Crippen molar-refractivity contribution >= 4 is 35.6 Å². The molecular weight excluding hydrogens is 311 g/mol. The van der Waals surface area contributed by atoms with E-state index in [1.165, 1.54) is 0 Å². The standard InChI is InChI=1S/C12H16O2.Cl2O2S/c1-4-10-6-5-7-11(8-10)12(13)14-9(2)3;1-5(2,3)4/h5-9H,4H2,1-3H3;. The van der Waals surface area contributed by atoms with Crippen LogP contribution in [0, 0.1) is 0 Å². The third-order valence-electron chi connectivity index (χ3n) is 1.91. The summed E-state index contributed by atoms with van der Waals surface area (Å²) in [6.45, 7) is 5.76. The van der Waals surface area contributed by atoms with Crippen LogP contribution in [0.2, 0.25) is 0 Å². The van der Waals surface area contributed by atoms with E-state index in [-0.39, 0.29) is 12.1 Å². The molecule has 0 fully saturated rings. The van der Waals surface area contributed by atoms with Crippen molar-refractivity contribution in [2.45, 2.75) is 33.3 Å². The first-order valence-electron chi connectivity index (χ1n) is 5.57. The molecule has 0 saturated carbocycles. The second-order valence-corrected chi connectivity index (χ2v) is 7.55. The van der Waals surface area contributed by atoms with E-state index in [4.69, 9.17) is 13.2 Å². The van der Waals surface area contributed by atoms with Crippen molar-refractivity contribution in [2.75, 3.05) is 0 Å². The molecule has 0 heterocycles. The highest BCUT2D eigenvalue weighted by Crippen LogP contribution is 2.08. The maximum absolute atomic E-state index is 11.5. The molecule has 19 heavy (non-hydrogen) atoms. The fourth-order valence-electron chi connectivity index (χ4n) is 1.20. The largest absolute Gasteiger partial charge is 0.459 e. The van der Waals surface area contributed by atoms with Gasteiger partial charge < -0.3 is 4.74 Å². The van der Waals surface area contributed by atoms with Crippen LogP contribution in [-0.2, 0) is 19.4 Å². The highest BCUT2D eigenvalue weighted by Gasteiger charge is 2.08. The Morgan fingerprint density at radius 3 is 2.26 bits per heavy atom. The summed E-state index contributed by atoms with van der Waals surface area (Å²) in [5, 5.41) is 0. The van der Waals surface area contributed by atoms with E-state index in [9.17, 15) is 4.79 Å². The van der Waals surface area contributed by atoms with Crippen LogP contribution in [0.5, 0.6) is 0 Å². The average Bonchev–Trinajstić information content (AvgIpc) is 2.26. The smallest absolute Gasteiger partial charge is 0.338 e. The van der Waals surface area contributed by atoms with E-state index in [2.05, 4.69) is 28.3 Å². The van der Waals surface area contributed by atoms with Crippen LogP contribution in [0.4, 0.5) is 0 Å². The fraction of sp³-hybridized carbons (Fsp3) is 0.417. The summed E-state index contributed by atoms with van der Waals surface area (Å²) in [5.74, 6) is -0.240. The monoisotopic (exact) mass is 326 g/mol. The molecule has 0 aliphatic heterocycles. The first-order valence-corrected chi connectivity index (χ1v) is 8.71. The van der Waals surface area contributed by atoms with Gasteiger partial charge in [0.2, 0.25) is 0 Å². The Kier molecular flexibility index (Phi) is 8.06. The number of hydrogen-bond donors (Lipinski definition) is 0. The highest BCUT2D eigenvalue weighted by atomic mass is 36.0. The number of halogens is 2. The third kappa shape index (κ3) is 10.8. The van der Waals surface area contributed by atoms with Gasteiger partial charge in [0, 0.05) is 21.4 Å². The van der Waals surface area contributed by atoms with E-state index in [0.717, 1.165) is 12.0 Å². The Morgan fingerprint density at radius 2 is 1.84 bits per heavy atom. The van der Waals surface area contributed by atoms with Gasteiger partial charge in [0.15, 0.2) is 0 Å². The molecule has 0 atom stereocenters. The van der Waals surface area contributed by atoms with E-state index in [1.807, 2.05) is 32.0 Å². The lowest BCUT2D eigenvalue weighted by molar-refractivity contribution is 0.0378. The van der Waals surface area contributed by atoms with Gasteiger partial charge in [-0.1, -0.05) is 19.1 Å². The zero-order valence-corrected chi connectivity index (χ0v) is 13.2. The molecule has 0 unspecified atom stereocenters. The van der Waals surface area contributed by atoms with Crippen LogP contribution in [0.3, 0.4) is 0 Å². The van der Waals surface area contributed by atoms with Gasteiger partial charge in [0.05, 0.1) is 11.7 Å². The second kappa shape index (κ2) is 8.40. The Labute approximate surface area is 122 Å². The van der Waals surface area contributed by atoms with Crippen molar-refractivity contribution in [3.63, 3.8) is 0 Å². The van der Waals surface area contributed by atoms with E-state index < -0.39 is 8.26 Å². The molecule has 0 radical (unpaired) electrons. The predicted molar refractivity (Wildman–Crippen MR) is 77.0 cm³/mol. The summed E-state index contributed by atoms with van der Waals surface area (Å²) in [6, 6.07) is 7.55. The average molecular weight is 327 g/mol. The lowest BCUT2D eigenvalue weighted by Crippen LogP contribution is -2.11. The van der Waals surface area contributed by atoms with Crippen molar-refractivity contribution in [1.29, 1.82) is 0 Å². The first kappa shape index (κ1) is 18.2. The SMILES string of the molecule is CCc1cccc(C(=O)OC(C)C)c1.O=S(=O)(Cl)Cl. The second-order valence-electron chi connectivity index (χ2n) is 3.89. The molecule has 4 nitrogen and oxygen atoms in total. The Balaban J connectivity index is 0.000000555. The molecule has 1 aromatic carbocycles. The molecule has 0 aromatic heterocycles. The van der Waals surface area contributed by atoms with Gasteiger partial charge in [-0.3, -0.25) is 0 Å². The van der Waals surface area contributed by atoms with Crippen molar-refractivity contribution in [2.24, 2.45) is 0 Å². The molecular formula is C12H16Cl2O4S. The zero-order valence-electron chi connectivity index (χ0n) is 10.9. The predicted octanol–water partition coefficient (Wildman–Crippen LogP) is 3.52. The number of carbonyl (C=O) groups is 1. The van der Waals surface area contributed by atoms with Crippen molar-refractivity contribution in [3.05, 3.63) is 35.4 Å². The molecule has 1 rings (SSSR count). The minimum Gasteiger partial charge on any atom is -0.459 e. The van der Waals surface area contributed by atoms with Crippen LogP contribution in [-0.4, -0.2) is 20.5 Å². The van der Waals surface area contributed by atoms with Crippen LogP contribution in [0.1, 0.15) is 36.7 Å². The highest BCUT2D eigenvalue weighted by molar-refractivity contribution is 8.31. The van der Waals surface area contributed by atoms with Crippen molar-refractivity contribution in [3.8, 4) is 0 Å². The maximum Gasteiger partial charge on any atom is 0.338 e. The van der Waals surface area contributed by atoms with Gasteiger partial charge >= 0.3 is 14.2 Å². The molecule has 0 aliphatic carbocycles. The van der Waals surface area contributed by atoms with Gasteiger partial charge in [-0.2, -0.15) is 8.42 Å².